The first kappa shape index (κ1) is 52.0. The van der Waals surface area contributed by atoms with Crippen LogP contribution >= 0.6 is 0 Å². The van der Waals surface area contributed by atoms with Crippen LogP contribution in [0.3, 0.4) is 0 Å². The molecule has 2 aliphatic heterocycles. The highest BCUT2D eigenvalue weighted by atomic mass is 15.2. The number of hydrogen-bond acceptors (Lipinski definition) is 2. The Hall–Kier alpha value is -12.0. The van der Waals surface area contributed by atoms with Crippen molar-refractivity contribution in [3.05, 3.63) is 378 Å². The summed E-state index contributed by atoms with van der Waals surface area (Å²) in [7, 11) is 0. The van der Waals surface area contributed by atoms with Gasteiger partial charge in [0.25, 0.3) is 6.71 Å². The van der Waals surface area contributed by atoms with Crippen molar-refractivity contribution >= 4 is 57.2 Å². The molecule has 2 heterocycles. The van der Waals surface area contributed by atoms with Gasteiger partial charge in [0.1, 0.15) is 0 Å². The van der Waals surface area contributed by atoms with Crippen molar-refractivity contribution in [2.24, 2.45) is 0 Å². The van der Waals surface area contributed by atoms with Crippen LogP contribution in [0.1, 0.15) is 119 Å². The molecule has 0 amide bonds. The van der Waals surface area contributed by atoms with Crippen molar-refractivity contribution in [2.75, 3.05) is 9.80 Å². The average molecular weight is 1370 g/mol. The van der Waals surface area contributed by atoms with Crippen LogP contribution in [0, 0.1) is 0 Å². The zero-order valence-electron chi connectivity index (χ0n) is 73.8. The molecule has 2 nitrogen and oxygen atoms in total. The Morgan fingerprint density at radius 1 is 0.264 bits per heavy atom. The normalized spacial score (nSPS) is 15.3. The summed E-state index contributed by atoms with van der Waals surface area (Å²) in [6.45, 7) is 19.5. The zero-order valence-corrected chi connectivity index (χ0v) is 60.8. The lowest BCUT2D eigenvalue weighted by Crippen LogP contribution is -2.61. The van der Waals surface area contributed by atoms with Crippen LogP contribution in [0.2, 0.25) is 0 Å². The van der Waals surface area contributed by atoms with Crippen molar-refractivity contribution in [1.29, 1.82) is 0 Å². The van der Waals surface area contributed by atoms with E-state index in [1.807, 2.05) is 78.9 Å². The minimum Gasteiger partial charge on any atom is -0.311 e. The molecule has 0 atom stereocenters. The second kappa shape index (κ2) is 24.5. The van der Waals surface area contributed by atoms with E-state index in [2.05, 4.69) is 254 Å². The second-order valence-corrected chi connectivity index (χ2v) is 31.8. The van der Waals surface area contributed by atoms with Crippen molar-refractivity contribution in [3.8, 4) is 100 Å². The highest BCUT2D eigenvalue weighted by molar-refractivity contribution is 7.00. The molecule has 0 unspecified atom stereocenters. The summed E-state index contributed by atoms with van der Waals surface area (Å²) >= 11 is 0. The molecular weight excluding hydrogens is 1280 g/mol. The van der Waals surface area contributed by atoms with Crippen LogP contribution < -0.4 is 26.2 Å². The summed E-state index contributed by atoms with van der Waals surface area (Å²) in [5, 5.41) is 0. The van der Waals surface area contributed by atoms with E-state index in [1.165, 1.54) is 0 Å². The summed E-state index contributed by atoms with van der Waals surface area (Å²) in [4.78, 5) is 4.86. The maximum absolute atomic E-state index is 10.2. The first-order valence-electron chi connectivity index (χ1n) is 43.2. The van der Waals surface area contributed by atoms with Crippen LogP contribution in [0.25, 0.3) is 100 Å². The SMILES string of the molecule is [2H]c1c([2H])c([2H])c(-c2ccc3c(c2)N(c2ccc(C(C)(C)C)cc2-c2ccccc2)c2cc(-c4cc(C(C)(C)C)cc(C(C)(C)C)c4)cc4c2B3c2cc(-c3cccc5c3C3(c6ccccc6-5)c5c([2H])c([2H])c([2H])c([2H])c5-c5c([2H])c([2H])c([2H])c([2H])c53)ccc2N4c2c(-c3ccccc3)cc(-c3ccccc3)cc2-c2ccccc2)c([2H])c1[2H]. The Kier molecular flexibility index (Phi) is 12.0. The highest BCUT2D eigenvalue weighted by Gasteiger charge is 2.53. The van der Waals surface area contributed by atoms with Crippen molar-refractivity contribution in [2.45, 2.75) is 84.0 Å². The predicted molar refractivity (Wildman–Crippen MR) is 451 cm³/mol. The lowest BCUT2D eigenvalue weighted by Gasteiger charge is -2.46. The number of hydrogen-bond donors (Lipinski definition) is 0. The molecular formula is C103H83BN2. The van der Waals surface area contributed by atoms with Crippen molar-refractivity contribution < 1.29 is 17.8 Å². The Balaban J connectivity index is 1.02. The summed E-state index contributed by atoms with van der Waals surface area (Å²) in [6, 6.07) is 86.0. The molecule has 0 radical (unpaired) electrons. The van der Waals surface area contributed by atoms with Gasteiger partial charge in [-0.25, -0.2) is 0 Å². The number of benzene rings is 15. The van der Waals surface area contributed by atoms with Gasteiger partial charge in [-0.1, -0.05) is 353 Å². The third-order valence-electron chi connectivity index (χ3n) is 22.4. The van der Waals surface area contributed by atoms with E-state index in [0.717, 1.165) is 128 Å². The summed E-state index contributed by atoms with van der Waals surface area (Å²) in [5.41, 5.74) is 22.8. The van der Waals surface area contributed by atoms with E-state index in [9.17, 15) is 16.4 Å². The van der Waals surface area contributed by atoms with Gasteiger partial charge in [0.2, 0.25) is 0 Å². The Labute approximate surface area is 644 Å². The third kappa shape index (κ3) is 10.3. The van der Waals surface area contributed by atoms with E-state index >= 15 is 0 Å². The molecule has 0 bridgehead atoms. The maximum Gasteiger partial charge on any atom is 0.252 e. The maximum atomic E-state index is 10.2. The zero-order chi connectivity index (χ0) is 83.3. The Bertz CT molecular complexity index is 6650. The topological polar surface area (TPSA) is 6.48 Å². The number of anilines is 6. The van der Waals surface area contributed by atoms with Crippen molar-refractivity contribution in [3.63, 3.8) is 0 Å². The van der Waals surface area contributed by atoms with E-state index < -0.39 is 66.5 Å². The molecule has 0 fully saturated rings. The summed E-state index contributed by atoms with van der Waals surface area (Å²) in [6.07, 6.45) is 0. The van der Waals surface area contributed by atoms with Crippen LogP contribution in [0.4, 0.5) is 34.1 Å². The predicted octanol–water partition coefficient (Wildman–Crippen LogP) is 25.7. The van der Waals surface area contributed by atoms with Gasteiger partial charge >= 0.3 is 0 Å². The number of nitrogens with zero attached hydrogens (tertiary/aromatic N) is 2. The molecule has 106 heavy (non-hydrogen) atoms. The lowest BCUT2D eigenvalue weighted by molar-refractivity contribution is 0.569. The molecule has 4 aliphatic rings. The fourth-order valence-electron chi connectivity index (χ4n) is 17.2. The van der Waals surface area contributed by atoms with Gasteiger partial charge in [-0.05, 0) is 204 Å². The Morgan fingerprint density at radius 2 is 0.745 bits per heavy atom. The Morgan fingerprint density at radius 3 is 1.35 bits per heavy atom. The molecule has 1 spiro atoms. The van der Waals surface area contributed by atoms with Crippen LogP contribution in [-0.4, -0.2) is 6.71 Å². The first-order valence-corrected chi connectivity index (χ1v) is 36.7. The monoisotopic (exact) mass is 1370 g/mol. The molecule has 0 N–H and O–H groups in total. The van der Waals surface area contributed by atoms with Crippen molar-refractivity contribution in [1.82, 2.24) is 0 Å². The van der Waals surface area contributed by atoms with Crippen LogP contribution in [-0.2, 0) is 21.7 Å². The van der Waals surface area contributed by atoms with Crippen LogP contribution in [0.15, 0.2) is 339 Å². The number of rotatable bonds is 9. The second-order valence-electron chi connectivity index (χ2n) is 31.8. The molecule has 0 saturated heterocycles. The van der Waals surface area contributed by atoms with Crippen LogP contribution in [0.5, 0.6) is 0 Å². The molecule has 0 aromatic heterocycles. The lowest BCUT2D eigenvalue weighted by atomic mass is 9.33. The highest BCUT2D eigenvalue weighted by Crippen LogP contribution is 2.65. The molecule has 19 rings (SSSR count). The van der Waals surface area contributed by atoms with E-state index in [4.69, 9.17) is 1.37 Å². The van der Waals surface area contributed by atoms with Gasteiger partial charge in [0.05, 0.1) is 34.6 Å². The van der Waals surface area contributed by atoms with Gasteiger partial charge < -0.3 is 9.80 Å². The smallest absolute Gasteiger partial charge is 0.252 e. The standard InChI is InChI=1S/C103H83BN2/c1-100(2,3)76-52-55-92(84(65-76)68-36-19-12-20-37-68)105-94-61-71(66-32-15-10-16-33-66)50-53-90(94)104-91-60-72(79-45-31-46-83-82-44-27-30-49-89(82)103(97(79)83)87-47-28-25-42-80(87)81-43-26-29-48-88(81)103)51-54-93(91)106(96-63-75(62-95(105)98(96)104)73-56-77(101(4,5)6)64-78(57-73)102(7,8)9)99-85(69-38-21-13-22-39-69)58-74(67-34-17-11-18-35-67)59-86(99)70-40-23-14-24-41-70/h10-65H,1-9H3/i10D,15D,16D,25D,26D,28D,29D,32D,33D,42D,43D,47D,48D. The molecule has 3 heteroatoms. The molecule has 15 aromatic carbocycles. The van der Waals surface area contributed by atoms with Gasteiger partial charge in [0.15, 0.2) is 0 Å². The minimum absolute atomic E-state index is 0.0244. The fraction of sp³-hybridized carbons (Fsp3) is 0.126. The average Bonchev–Trinajstić information content (AvgIpc) is 1.50. The molecule has 15 aromatic rings. The van der Waals surface area contributed by atoms with Gasteiger partial charge in [-0.15, -0.1) is 0 Å². The summed E-state index contributed by atoms with van der Waals surface area (Å²) < 4.78 is 124. The first-order chi connectivity index (χ1) is 56.9. The van der Waals surface area contributed by atoms with Gasteiger partial charge in [0, 0.05) is 39.4 Å². The third-order valence-corrected chi connectivity index (χ3v) is 22.4. The van der Waals surface area contributed by atoms with Gasteiger partial charge in [-0.3, -0.25) is 0 Å². The van der Waals surface area contributed by atoms with E-state index in [1.54, 1.807) is 0 Å². The molecule has 0 saturated carbocycles. The largest absolute Gasteiger partial charge is 0.311 e. The molecule has 508 valence electrons. The van der Waals surface area contributed by atoms with E-state index in [-0.39, 0.29) is 68.2 Å². The molecule has 2 aliphatic carbocycles. The minimum atomic E-state index is -1.75. The number of fused-ring (bicyclic) bond motifs is 14. The van der Waals surface area contributed by atoms with Gasteiger partial charge in [-0.2, -0.15) is 0 Å². The quantitative estimate of drug-likeness (QED) is 0.133. The summed E-state index contributed by atoms with van der Waals surface area (Å²) in [5.74, 6) is 0. The fourth-order valence-corrected chi connectivity index (χ4v) is 17.2. The van der Waals surface area contributed by atoms with E-state index in [0.29, 0.717) is 33.5 Å².